The molecular formula is C42H26N2O. The molecule has 3 aromatic heterocycles. The summed E-state index contributed by atoms with van der Waals surface area (Å²) >= 11 is 0. The van der Waals surface area contributed by atoms with Gasteiger partial charge in [-0.25, -0.2) is 0 Å². The standard InChI is InChI=1S/C42H26N2O/c1-3-10-26(11-4-1)30-15-9-17-41-42(30)35-23-28(19-21-40(35)45-41)27-18-20-38-33(22-27)34-24-32-31-14-7-8-16-36(31)43-37(32)25-39(34)44(38)29-12-5-2-6-13-29/h1-25,43H. The Morgan fingerprint density at radius 1 is 0.422 bits per heavy atom. The molecule has 3 nitrogen and oxygen atoms in total. The molecule has 0 amide bonds. The van der Waals surface area contributed by atoms with E-state index in [4.69, 9.17) is 4.42 Å². The van der Waals surface area contributed by atoms with Gasteiger partial charge in [0.15, 0.2) is 0 Å². The number of nitrogens with zero attached hydrogens (tertiary/aromatic N) is 1. The van der Waals surface area contributed by atoms with Crippen LogP contribution in [-0.4, -0.2) is 9.55 Å². The summed E-state index contributed by atoms with van der Waals surface area (Å²) in [5, 5.41) is 7.26. The van der Waals surface area contributed by atoms with E-state index < -0.39 is 0 Å². The van der Waals surface area contributed by atoms with Crippen LogP contribution in [0.25, 0.3) is 93.5 Å². The summed E-state index contributed by atoms with van der Waals surface area (Å²) in [6.45, 7) is 0. The summed E-state index contributed by atoms with van der Waals surface area (Å²) in [5.41, 5.74) is 12.4. The second kappa shape index (κ2) is 9.22. The molecule has 0 aliphatic heterocycles. The average Bonchev–Trinajstić information content (AvgIpc) is 3.76. The van der Waals surface area contributed by atoms with Gasteiger partial charge in [0.2, 0.25) is 0 Å². The normalized spacial score (nSPS) is 12.0. The molecule has 210 valence electrons. The molecule has 1 N–H and O–H groups in total. The Morgan fingerprint density at radius 2 is 1.16 bits per heavy atom. The zero-order chi connectivity index (χ0) is 29.5. The average molecular weight is 575 g/mol. The van der Waals surface area contributed by atoms with Crippen LogP contribution in [0.2, 0.25) is 0 Å². The number of H-pyrrole nitrogens is 1. The summed E-state index contributed by atoms with van der Waals surface area (Å²) in [7, 11) is 0. The van der Waals surface area contributed by atoms with Crippen molar-refractivity contribution in [3.05, 3.63) is 152 Å². The first-order valence-corrected chi connectivity index (χ1v) is 15.4. The number of rotatable bonds is 3. The first-order chi connectivity index (χ1) is 22.3. The van der Waals surface area contributed by atoms with Crippen LogP contribution in [0, 0.1) is 0 Å². The van der Waals surface area contributed by atoms with E-state index in [9.17, 15) is 0 Å². The summed E-state index contributed by atoms with van der Waals surface area (Å²) in [6, 6.07) is 54.3. The van der Waals surface area contributed by atoms with E-state index in [0.29, 0.717) is 0 Å². The minimum absolute atomic E-state index is 0.903. The molecule has 3 heteroatoms. The lowest BCUT2D eigenvalue weighted by Crippen LogP contribution is -1.93. The SMILES string of the molecule is c1ccc(-c2cccc3oc4ccc(-c5ccc6c(c5)c5cc7c(cc5n6-c5ccccc5)[nH]c5ccccc57)cc4c23)cc1. The van der Waals surface area contributed by atoms with Gasteiger partial charge < -0.3 is 14.0 Å². The first kappa shape index (κ1) is 24.4. The quantitative estimate of drug-likeness (QED) is 0.224. The third-order valence-corrected chi connectivity index (χ3v) is 9.32. The molecule has 0 unspecified atom stereocenters. The van der Waals surface area contributed by atoms with Gasteiger partial charge in [-0.15, -0.1) is 0 Å². The highest BCUT2D eigenvalue weighted by Crippen LogP contribution is 2.41. The van der Waals surface area contributed by atoms with E-state index >= 15 is 0 Å². The molecule has 10 rings (SSSR count). The maximum atomic E-state index is 6.35. The summed E-state index contributed by atoms with van der Waals surface area (Å²) in [5.74, 6) is 0. The molecule has 7 aromatic carbocycles. The zero-order valence-electron chi connectivity index (χ0n) is 24.3. The van der Waals surface area contributed by atoms with Gasteiger partial charge in [0.1, 0.15) is 11.2 Å². The molecule has 0 saturated heterocycles. The van der Waals surface area contributed by atoms with Crippen molar-refractivity contribution in [2.75, 3.05) is 0 Å². The Bertz CT molecular complexity index is 2740. The number of hydrogen-bond acceptors (Lipinski definition) is 1. The van der Waals surface area contributed by atoms with E-state index in [0.717, 1.165) is 38.7 Å². The Labute approximate surface area is 258 Å². The Morgan fingerprint density at radius 3 is 2.02 bits per heavy atom. The van der Waals surface area contributed by atoms with Crippen LogP contribution in [0.4, 0.5) is 0 Å². The van der Waals surface area contributed by atoms with Crippen LogP contribution in [0.5, 0.6) is 0 Å². The lowest BCUT2D eigenvalue weighted by atomic mass is 9.97. The van der Waals surface area contributed by atoms with E-state index in [1.165, 1.54) is 54.8 Å². The van der Waals surface area contributed by atoms with Gasteiger partial charge in [0.05, 0.1) is 11.0 Å². The molecule has 10 aromatic rings. The van der Waals surface area contributed by atoms with Gasteiger partial charge >= 0.3 is 0 Å². The minimum atomic E-state index is 0.903. The number of nitrogens with one attached hydrogen (secondary N) is 1. The molecule has 0 spiro atoms. The molecule has 0 radical (unpaired) electrons. The van der Waals surface area contributed by atoms with Gasteiger partial charge in [0.25, 0.3) is 0 Å². The van der Waals surface area contributed by atoms with E-state index in [2.05, 4.69) is 161 Å². The van der Waals surface area contributed by atoms with Gasteiger partial charge in [-0.3, -0.25) is 0 Å². The predicted molar refractivity (Wildman–Crippen MR) is 188 cm³/mol. The number of aromatic amines is 1. The Hall–Kier alpha value is -6.06. The van der Waals surface area contributed by atoms with Gasteiger partial charge in [0, 0.05) is 49.0 Å². The molecule has 3 heterocycles. The lowest BCUT2D eigenvalue weighted by molar-refractivity contribution is 0.669. The first-order valence-electron chi connectivity index (χ1n) is 15.4. The number of para-hydroxylation sites is 2. The third-order valence-electron chi connectivity index (χ3n) is 9.32. The molecule has 45 heavy (non-hydrogen) atoms. The van der Waals surface area contributed by atoms with Crippen LogP contribution in [0.15, 0.2) is 156 Å². The smallest absolute Gasteiger partial charge is 0.136 e. The van der Waals surface area contributed by atoms with Gasteiger partial charge in [-0.2, -0.15) is 0 Å². The van der Waals surface area contributed by atoms with Crippen LogP contribution in [0.3, 0.4) is 0 Å². The highest BCUT2D eigenvalue weighted by atomic mass is 16.3. The fourth-order valence-electron chi connectivity index (χ4n) is 7.26. The number of benzene rings is 7. The molecule has 0 aliphatic carbocycles. The summed E-state index contributed by atoms with van der Waals surface area (Å²) in [4.78, 5) is 3.65. The van der Waals surface area contributed by atoms with Crippen molar-refractivity contribution in [1.29, 1.82) is 0 Å². The van der Waals surface area contributed by atoms with Crippen molar-refractivity contribution in [1.82, 2.24) is 9.55 Å². The van der Waals surface area contributed by atoms with Crippen molar-refractivity contribution < 1.29 is 4.42 Å². The molecule has 0 aliphatic rings. The van der Waals surface area contributed by atoms with Crippen molar-refractivity contribution in [2.24, 2.45) is 0 Å². The van der Waals surface area contributed by atoms with Crippen LogP contribution in [-0.2, 0) is 0 Å². The fourth-order valence-corrected chi connectivity index (χ4v) is 7.26. The highest BCUT2D eigenvalue weighted by molar-refractivity contribution is 6.19. The van der Waals surface area contributed by atoms with E-state index in [1.807, 2.05) is 0 Å². The van der Waals surface area contributed by atoms with Crippen LogP contribution in [0.1, 0.15) is 0 Å². The van der Waals surface area contributed by atoms with Crippen molar-refractivity contribution in [3.8, 4) is 27.9 Å². The maximum Gasteiger partial charge on any atom is 0.136 e. The zero-order valence-corrected chi connectivity index (χ0v) is 24.3. The number of aromatic nitrogens is 2. The van der Waals surface area contributed by atoms with Crippen LogP contribution >= 0.6 is 0 Å². The topological polar surface area (TPSA) is 33.9 Å². The second-order valence-electron chi connectivity index (χ2n) is 11.8. The Kier molecular flexibility index (Phi) is 5.00. The summed E-state index contributed by atoms with van der Waals surface area (Å²) in [6.07, 6.45) is 0. The van der Waals surface area contributed by atoms with E-state index in [-0.39, 0.29) is 0 Å². The fraction of sp³-hybridized carbons (Fsp3) is 0. The number of furan rings is 1. The largest absolute Gasteiger partial charge is 0.456 e. The maximum absolute atomic E-state index is 6.35. The molecule has 0 atom stereocenters. The lowest BCUT2D eigenvalue weighted by Gasteiger charge is -2.08. The summed E-state index contributed by atoms with van der Waals surface area (Å²) < 4.78 is 8.73. The van der Waals surface area contributed by atoms with Gasteiger partial charge in [-0.1, -0.05) is 91.0 Å². The Balaban J connectivity index is 1.24. The molecule has 0 saturated carbocycles. The predicted octanol–water partition coefficient (Wildman–Crippen LogP) is 11.7. The van der Waals surface area contributed by atoms with Crippen LogP contribution < -0.4 is 0 Å². The third kappa shape index (κ3) is 3.58. The number of fused-ring (bicyclic) bond motifs is 9. The van der Waals surface area contributed by atoms with Crippen molar-refractivity contribution >= 4 is 65.6 Å². The van der Waals surface area contributed by atoms with Gasteiger partial charge in [-0.05, 0) is 82.9 Å². The van der Waals surface area contributed by atoms with Crippen molar-refractivity contribution in [2.45, 2.75) is 0 Å². The second-order valence-corrected chi connectivity index (χ2v) is 11.8. The number of hydrogen-bond donors (Lipinski definition) is 1. The van der Waals surface area contributed by atoms with Crippen molar-refractivity contribution in [3.63, 3.8) is 0 Å². The highest BCUT2D eigenvalue weighted by Gasteiger charge is 2.17. The molecule has 0 fully saturated rings. The van der Waals surface area contributed by atoms with E-state index in [1.54, 1.807) is 0 Å². The minimum Gasteiger partial charge on any atom is -0.456 e. The monoisotopic (exact) mass is 574 g/mol. The molecule has 0 bridgehead atoms. The molecular weight excluding hydrogens is 548 g/mol.